The van der Waals surface area contributed by atoms with Gasteiger partial charge < -0.3 is 4.90 Å². The molecule has 1 heterocycles. The molecule has 1 fully saturated rings. The van der Waals surface area contributed by atoms with Gasteiger partial charge in [0.1, 0.15) is 0 Å². The third-order valence-corrected chi connectivity index (χ3v) is 3.51. The van der Waals surface area contributed by atoms with E-state index in [1.165, 1.54) is 0 Å². The lowest BCUT2D eigenvalue weighted by Crippen LogP contribution is -2.24. The fourth-order valence-corrected chi connectivity index (χ4v) is 2.28. The van der Waals surface area contributed by atoms with Crippen LogP contribution in [0.2, 0.25) is 0 Å². The molecule has 2 rings (SSSR count). The first-order chi connectivity index (χ1) is 8.24. The van der Waals surface area contributed by atoms with Crippen molar-refractivity contribution in [2.24, 2.45) is 5.92 Å². The summed E-state index contributed by atoms with van der Waals surface area (Å²) in [5.74, 6) is 1.26. The van der Waals surface area contributed by atoms with Crippen molar-refractivity contribution in [2.75, 3.05) is 17.2 Å². The average molecular weight is 246 g/mol. The molecule has 1 amide bonds. The highest BCUT2D eigenvalue weighted by Gasteiger charge is 2.29. The predicted octanol–water partition coefficient (Wildman–Crippen LogP) is 2.04. The van der Waals surface area contributed by atoms with E-state index in [1.54, 1.807) is 4.90 Å². The Morgan fingerprint density at radius 2 is 2.12 bits per heavy atom. The smallest absolute Gasteiger partial charge is 0.227 e. The number of carbonyl (C=O) groups excluding carboxylic acids is 1. The molecule has 3 nitrogen and oxygen atoms in total. The molecule has 0 N–H and O–H groups in total. The summed E-state index contributed by atoms with van der Waals surface area (Å²) in [4.78, 5) is 13.6. The van der Waals surface area contributed by atoms with E-state index in [4.69, 9.17) is 5.26 Å². The molecule has 0 spiro atoms. The van der Waals surface area contributed by atoms with Crippen molar-refractivity contribution in [3.8, 4) is 6.07 Å². The minimum absolute atomic E-state index is 0.164. The molecule has 17 heavy (non-hydrogen) atoms. The number of nitrogens with zero attached hydrogens (tertiary/aromatic N) is 2. The molecule has 0 saturated carbocycles. The number of nitriles is 1. The lowest BCUT2D eigenvalue weighted by Gasteiger charge is -2.16. The number of carbonyl (C=O) groups is 1. The molecule has 1 saturated heterocycles. The summed E-state index contributed by atoms with van der Waals surface area (Å²) in [6.45, 7) is 0.750. The molecule has 1 aliphatic heterocycles. The minimum atomic E-state index is 0.164. The van der Waals surface area contributed by atoms with Crippen LogP contribution in [0, 0.1) is 17.2 Å². The van der Waals surface area contributed by atoms with Crippen molar-refractivity contribution in [3.05, 3.63) is 29.8 Å². The van der Waals surface area contributed by atoms with Crippen LogP contribution in [0.3, 0.4) is 0 Å². The van der Waals surface area contributed by atoms with Gasteiger partial charge in [-0.1, -0.05) is 12.1 Å². The Balaban J connectivity index is 2.13. The molecule has 1 aromatic rings. The molecule has 0 bridgehead atoms. The zero-order chi connectivity index (χ0) is 12.3. The topological polar surface area (TPSA) is 44.1 Å². The van der Waals surface area contributed by atoms with Crippen molar-refractivity contribution >= 4 is 24.2 Å². The van der Waals surface area contributed by atoms with Gasteiger partial charge in [0.25, 0.3) is 0 Å². The number of rotatable bonds is 3. The summed E-state index contributed by atoms with van der Waals surface area (Å²) in [5.41, 5.74) is 1.90. The highest BCUT2D eigenvalue weighted by molar-refractivity contribution is 7.80. The van der Waals surface area contributed by atoms with Crippen LogP contribution in [0.4, 0.5) is 5.69 Å². The van der Waals surface area contributed by atoms with Gasteiger partial charge in [-0.05, 0) is 29.4 Å². The molecule has 0 aliphatic carbocycles. The van der Waals surface area contributed by atoms with Gasteiger partial charge in [-0.3, -0.25) is 4.79 Å². The van der Waals surface area contributed by atoms with Crippen LogP contribution >= 0.6 is 12.6 Å². The van der Waals surface area contributed by atoms with Gasteiger partial charge in [0, 0.05) is 18.7 Å². The molecular formula is C13H14N2OS. The Kier molecular flexibility index (Phi) is 3.70. The minimum Gasteiger partial charge on any atom is -0.312 e. The van der Waals surface area contributed by atoms with Crippen LogP contribution in [-0.2, 0) is 11.2 Å². The van der Waals surface area contributed by atoms with Crippen molar-refractivity contribution in [1.82, 2.24) is 0 Å². The zero-order valence-corrected chi connectivity index (χ0v) is 10.4. The molecule has 1 unspecified atom stereocenters. The first kappa shape index (κ1) is 12.0. The second-order valence-corrected chi connectivity index (χ2v) is 4.62. The molecule has 88 valence electrons. The highest BCUT2D eigenvalue weighted by Crippen LogP contribution is 2.25. The van der Waals surface area contributed by atoms with Gasteiger partial charge in [0.15, 0.2) is 0 Å². The highest BCUT2D eigenvalue weighted by atomic mass is 32.1. The normalized spacial score (nSPS) is 19.4. The molecular weight excluding hydrogens is 232 g/mol. The average Bonchev–Trinajstić information content (AvgIpc) is 2.72. The molecule has 1 atom stereocenters. The van der Waals surface area contributed by atoms with Gasteiger partial charge >= 0.3 is 0 Å². The number of hydrogen-bond donors (Lipinski definition) is 1. The molecule has 1 aliphatic rings. The van der Waals surface area contributed by atoms with Crippen molar-refractivity contribution in [2.45, 2.75) is 12.8 Å². The zero-order valence-electron chi connectivity index (χ0n) is 9.47. The van der Waals surface area contributed by atoms with E-state index in [2.05, 4.69) is 18.7 Å². The van der Waals surface area contributed by atoms with E-state index >= 15 is 0 Å². The van der Waals surface area contributed by atoms with Gasteiger partial charge in [0.2, 0.25) is 5.91 Å². The van der Waals surface area contributed by atoms with Crippen LogP contribution in [0.1, 0.15) is 12.0 Å². The number of amides is 1. The largest absolute Gasteiger partial charge is 0.312 e. The standard InChI is InChI=1S/C13H14N2OS/c14-6-5-10-1-3-12(4-2-10)15-8-11(9-17)7-13(15)16/h1-4,11,17H,5,7-9H2. The SMILES string of the molecule is N#CCc1ccc(N2CC(CS)CC2=O)cc1. The van der Waals surface area contributed by atoms with Gasteiger partial charge in [-0.25, -0.2) is 0 Å². The second kappa shape index (κ2) is 5.24. The second-order valence-electron chi connectivity index (χ2n) is 4.26. The van der Waals surface area contributed by atoms with Gasteiger partial charge in [-0.2, -0.15) is 17.9 Å². The summed E-state index contributed by atoms with van der Waals surface area (Å²) in [5, 5.41) is 8.59. The van der Waals surface area contributed by atoms with Crippen LogP contribution in [0.15, 0.2) is 24.3 Å². The fourth-order valence-electron chi connectivity index (χ4n) is 2.04. The lowest BCUT2D eigenvalue weighted by atomic mass is 10.1. The molecule has 0 aromatic heterocycles. The number of benzene rings is 1. The Bertz CT molecular complexity index is 449. The van der Waals surface area contributed by atoms with Gasteiger partial charge in [0.05, 0.1) is 12.5 Å². The monoisotopic (exact) mass is 246 g/mol. The summed E-state index contributed by atoms with van der Waals surface area (Å²) in [7, 11) is 0. The quantitative estimate of drug-likeness (QED) is 0.829. The molecule has 4 heteroatoms. The maximum atomic E-state index is 11.8. The van der Waals surface area contributed by atoms with E-state index in [0.717, 1.165) is 23.5 Å². The Morgan fingerprint density at radius 3 is 2.65 bits per heavy atom. The molecule has 1 aromatic carbocycles. The fraction of sp³-hybridized carbons (Fsp3) is 0.385. The van der Waals surface area contributed by atoms with Crippen molar-refractivity contribution < 1.29 is 4.79 Å². The van der Waals surface area contributed by atoms with Crippen LogP contribution in [0.5, 0.6) is 0 Å². The number of hydrogen-bond acceptors (Lipinski definition) is 3. The lowest BCUT2D eigenvalue weighted by molar-refractivity contribution is -0.117. The number of anilines is 1. The van der Waals surface area contributed by atoms with Crippen LogP contribution in [0.25, 0.3) is 0 Å². The number of thiol groups is 1. The summed E-state index contributed by atoms with van der Waals surface area (Å²) in [6.07, 6.45) is 0.997. The van der Waals surface area contributed by atoms with E-state index in [0.29, 0.717) is 18.8 Å². The molecule has 0 radical (unpaired) electrons. The summed E-state index contributed by atoms with van der Waals surface area (Å²) >= 11 is 4.24. The van der Waals surface area contributed by atoms with Crippen LogP contribution in [-0.4, -0.2) is 18.2 Å². The van der Waals surface area contributed by atoms with Crippen molar-refractivity contribution in [1.29, 1.82) is 5.26 Å². The van der Waals surface area contributed by atoms with Crippen molar-refractivity contribution in [3.63, 3.8) is 0 Å². The summed E-state index contributed by atoms with van der Waals surface area (Å²) < 4.78 is 0. The van der Waals surface area contributed by atoms with E-state index in [-0.39, 0.29) is 5.91 Å². The Labute approximate surface area is 106 Å². The Morgan fingerprint density at radius 1 is 1.41 bits per heavy atom. The van der Waals surface area contributed by atoms with Gasteiger partial charge in [-0.15, -0.1) is 0 Å². The van der Waals surface area contributed by atoms with E-state index in [1.807, 2.05) is 24.3 Å². The third kappa shape index (κ3) is 2.62. The maximum Gasteiger partial charge on any atom is 0.227 e. The first-order valence-electron chi connectivity index (χ1n) is 5.61. The third-order valence-electron chi connectivity index (χ3n) is 2.99. The maximum absolute atomic E-state index is 11.8. The van der Waals surface area contributed by atoms with E-state index < -0.39 is 0 Å². The first-order valence-corrected chi connectivity index (χ1v) is 6.25. The van der Waals surface area contributed by atoms with Crippen LogP contribution < -0.4 is 4.90 Å². The Hall–Kier alpha value is -1.47. The van der Waals surface area contributed by atoms with E-state index in [9.17, 15) is 4.79 Å². The predicted molar refractivity (Wildman–Crippen MR) is 70.1 cm³/mol. The summed E-state index contributed by atoms with van der Waals surface area (Å²) in [6, 6.07) is 9.73.